The van der Waals surface area contributed by atoms with Crippen molar-refractivity contribution in [2.75, 3.05) is 17.6 Å². The van der Waals surface area contributed by atoms with Crippen molar-refractivity contribution < 1.29 is 0 Å². The van der Waals surface area contributed by atoms with Crippen LogP contribution in [0.25, 0.3) is 0 Å². The molecule has 78 valence electrons. The van der Waals surface area contributed by atoms with E-state index in [0.717, 1.165) is 24.5 Å². The Bertz CT molecular complexity index is 410. The first-order valence-corrected chi connectivity index (χ1v) is 4.64. The molecule has 0 aliphatic carbocycles. The summed E-state index contributed by atoms with van der Waals surface area (Å²) in [6.07, 6.45) is 3.97. The number of nitrogen functional groups attached to an aromatic ring is 1. The Morgan fingerprint density at radius 3 is 3.07 bits per heavy atom. The third-order valence-corrected chi connectivity index (χ3v) is 1.94. The summed E-state index contributed by atoms with van der Waals surface area (Å²) in [5, 5.41) is 9.78. The summed E-state index contributed by atoms with van der Waals surface area (Å²) in [5.74, 6) is 1.38. The van der Waals surface area contributed by atoms with Crippen molar-refractivity contribution in [3.8, 4) is 0 Å². The molecular weight excluding hydrogens is 192 g/mol. The van der Waals surface area contributed by atoms with Gasteiger partial charge in [0.1, 0.15) is 18.0 Å². The lowest BCUT2D eigenvalue weighted by Crippen LogP contribution is -2.06. The molecule has 0 saturated carbocycles. The predicted octanol–water partition coefficient (Wildman–Crippen LogP) is 0.436. The number of nitrogens with one attached hydrogen (secondary N) is 2. The van der Waals surface area contributed by atoms with Gasteiger partial charge in [-0.05, 0) is 6.07 Å². The van der Waals surface area contributed by atoms with Crippen LogP contribution in [0.3, 0.4) is 0 Å². The number of hydrogen-bond acceptors (Lipinski definition) is 5. The summed E-state index contributed by atoms with van der Waals surface area (Å²) < 4.78 is 0. The number of aromatic amines is 1. The van der Waals surface area contributed by atoms with Gasteiger partial charge in [0.15, 0.2) is 0 Å². The third-order valence-electron chi connectivity index (χ3n) is 1.94. The molecule has 0 spiro atoms. The smallest absolute Gasteiger partial charge is 0.137 e. The van der Waals surface area contributed by atoms with Gasteiger partial charge in [-0.1, -0.05) is 0 Å². The Morgan fingerprint density at radius 2 is 2.33 bits per heavy atom. The van der Waals surface area contributed by atoms with Crippen molar-refractivity contribution in [2.45, 2.75) is 6.42 Å². The van der Waals surface area contributed by atoms with Crippen molar-refractivity contribution in [2.24, 2.45) is 0 Å². The van der Waals surface area contributed by atoms with Crippen LogP contribution in [0.2, 0.25) is 0 Å². The van der Waals surface area contributed by atoms with E-state index < -0.39 is 0 Å². The predicted molar refractivity (Wildman–Crippen MR) is 57.2 cm³/mol. The second kappa shape index (κ2) is 4.41. The molecule has 0 bridgehead atoms. The summed E-state index contributed by atoms with van der Waals surface area (Å²) in [5.41, 5.74) is 6.51. The minimum atomic E-state index is 0.514. The maximum absolute atomic E-state index is 5.55. The molecule has 0 aromatic carbocycles. The summed E-state index contributed by atoms with van der Waals surface area (Å²) in [6, 6.07) is 3.66. The molecule has 0 radical (unpaired) electrons. The number of nitrogens with zero attached hydrogens (tertiary/aromatic N) is 3. The van der Waals surface area contributed by atoms with Crippen molar-refractivity contribution >= 4 is 11.5 Å². The van der Waals surface area contributed by atoms with Crippen LogP contribution in [-0.2, 0) is 6.42 Å². The van der Waals surface area contributed by atoms with Crippen LogP contribution in [-0.4, -0.2) is 26.7 Å². The molecule has 0 aliphatic heterocycles. The third kappa shape index (κ3) is 2.67. The van der Waals surface area contributed by atoms with Crippen molar-refractivity contribution in [3.05, 3.63) is 30.5 Å². The lowest BCUT2D eigenvalue weighted by Gasteiger charge is -2.04. The molecule has 0 fully saturated rings. The molecule has 6 heteroatoms. The first-order valence-electron chi connectivity index (χ1n) is 4.64. The molecule has 0 saturated heterocycles. The molecule has 2 rings (SSSR count). The zero-order valence-corrected chi connectivity index (χ0v) is 8.14. The maximum Gasteiger partial charge on any atom is 0.137 e. The second-order valence-corrected chi connectivity index (χ2v) is 3.08. The second-order valence-electron chi connectivity index (χ2n) is 3.08. The Balaban J connectivity index is 1.83. The van der Waals surface area contributed by atoms with E-state index in [4.69, 9.17) is 5.73 Å². The van der Waals surface area contributed by atoms with E-state index in [1.807, 2.05) is 6.07 Å². The first kappa shape index (κ1) is 9.45. The SMILES string of the molecule is Nc1cc(NCCc2ncn[nH]2)ccn1. The average Bonchev–Trinajstić information content (AvgIpc) is 2.71. The van der Waals surface area contributed by atoms with Crippen LogP contribution in [0.1, 0.15) is 5.82 Å². The van der Waals surface area contributed by atoms with Gasteiger partial charge in [-0.25, -0.2) is 9.97 Å². The van der Waals surface area contributed by atoms with Gasteiger partial charge in [0.05, 0.1) is 0 Å². The van der Waals surface area contributed by atoms with Crippen LogP contribution in [0, 0.1) is 0 Å². The van der Waals surface area contributed by atoms with E-state index in [0.29, 0.717) is 5.82 Å². The Hall–Kier alpha value is -2.11. The highest BCUT2D eigenvalue weighted by Crippen LogP contribution is 2.08. The van der Waals surface area contributed by atoms with Gasteiger partial charge in [0.25, 0.3) is 0 Å². The van der Waals surface area contributed by atoms with Gasteiger partial charge < -0.3 is 11.1 Å². The lowest BCUT2D eigenvalue weighted by molar-refractivity contribution is 0.901. The standard InChI is InChI=1S/C9H12N6/c10-8-5-7(1-3-12-8)11-4-2-9-13-6-14-15-9/h1,3,5-6H,2,4H2,(H3,10,11,12)(H,13,14,15). The molecule has 2 aromatic rings. The molecule has 0 amide bonds. The van der Waals surface area contributed by atoms with Gasteiger partial charge in [0, 0.05) is 30.9 Å². The molecule has 2 heterocycles. The fraction of sp³-hybridized carbons (Fsp3) is 0.222. The number of aromatic nitrogens is 4. The van der Waals surface area contributed by atoms with E-state index >= 15 is 0 Å². The number of pyridine rings is 1. The topological polar surface area (TPSA) is 92.5 Å². The number of nitrogens with two attached hydrogens (primary N) is 1. The molecule has 4 N–H and O–H groups in total. The summed E-state index contributed by atoms with van der Waals surface area (Å²) in [4.78, 5) is 7.93. The van der Waals surface area contributed by atoms with Crippen molar-refractivity contribution in [1.82, 2.24) is 20.2 Å². The summed E-state index contributed by atoms with van der Waals surface area (Å²) in [7, 11) is 0. The fourth-order valence-electron chi connectivity index (χ4n) is 1.23. The van der Waals surface area contributed by atoms with E-state index in [-0.39, 0.29) is 0 Å². The monoisotopic (exact) mass is 204 g/mol. The van der Waals surface area contributed by atoms with Crippen LogP contribution in [0.15, 0.2) is 24.7 Å². The Kier molecular flexibility index (Phi) is 2.77. The van der Waals surface area contributed by atoms with Gasteiger partial charge in [0.2, 0.25) is 0 Å². The number of anilines is 2. The van der Waals surface area contributed by atoms with Gasteiger partial charge in [-0.3, -0.25) is 5.10 Å². The van der Waals surface area contributed by atoms with Crippen LogP contribution < -0.4 is 11.1 Å². The van der Waals surface area contributed by atoms with Crippen LogP contribution in [0.4, 0.5) is 11.5 Å². The molecule has 0 unspecified atom stereocenters. The highest BCUT2D eigenvalue weighted by molar-refractivity contribution is 5.49. The molecular formula is C9H12N6. The molecule has 0 aliphatic rings. The molecule has 0 atom stereocenters. The summed E-state index contributed by atoms with van der Waals surface area (Å²) >= 11 is 0. The zero-order valence-electron chi connectivity index (χ0n) is 8.14. The van der Waals surface area contributed by atoms with Gasteiger partial charge >= 0.3 is 0 Å². The van der Waals surface area contributed by atoms with Crippen LogP contribution >= 0.6 is 0 Å². The highest BCUT2D eigenvalue weighted by atomic mass is 15.2. The normalized spacial score (nSPS) is 10.1. The number of H-pyrrole nitrogens is 1. The minimum absolute atomic E-state index is 0.514. The maximum atomic E-state index is 5.55. The summed E-state index contributed by atoms with van der Waals surface area (Å²) in [6.45, 7) is 0.776. The number of rotatable bonds is 4. The highest BCUT2D eigenvalue weighted by Gasteiger charge is 1.96. The molecule has 2 aromatic heterocycles. The first-order chi connectivity index (χ1) is 7.34. The Morgan fingerprint density at radius 1 is 1.40 bits per heavy atom. The minimum Gasteiger partial charge on any atom is -0.384 e. The molecule has 15 heavy (non-hydrogen) atoms. The zero-order chi connectivity index (χ0) is 10.5. The van der Waals surface area contributed by atoms with E-state index in [1.54, 1.807) is 12.3 Å². The van der Waals surface area contributed by atoms with E-state index in [9.17, 15) is 0 Å². The Labute approximate surface area is 86.9 Å². The van der Waals surface area contributed by atoms with E-state index in [2.05, 4.69) is 25.5 Å². The van der Waals surface area contributed by atoms with Gasteiger partial charge in [-0.2, -0.15) is 5.10 Å². The lowest BCUT2D eigenvalue weighted by atomic mass is 10.3. The van der Waals surface area contributed by atoms with Gasteiger partial charge in [-0.15, -0.1) is 0 Å². The molecule has 6 nitrogen and oxygen atoms in total. The average molecular weight is 204 g/mol. The van der Waals surface area contributed by atoms with Crippen molar-refractivity contribution in [3.63, 3.8) is 0 Å². The fourth-order valence-corrected chi connectivity index (χ4v) is 1.23. The van der Waals surface area contributed by atoms with E-state index in [1.165, 1.54) is 6.33 Å². The largest absolute Gasteiger partial charge is 0.384 e. The van der Waals surface area contributed by atoms with Crippen molar-refractivity contribution in [1.29, 1.82) is 0 Å². The van der Waals surface area contributed by atoms with Crippen LogP contribution in [0.5, 0.6) is 0 Å². The quantitative estimate of drug-likeness (QED) is 0.671. The number of hydrogen-bond donors (Lipinski definition) is 3.